The molecule has 1 unspecified atom stereocenters. The van der Waals surface area contributed by atoms with E-state index in [1.807, 2.05) is 60.7 Å². The predicted molar refractivity (Wildman–Crippen MR) is 135 cm³/mol. The lowest BCUT2D eigenvalue weighted by Gasteiger charge is -2.14. The number of ether oxygens (including phenoxy) is 2. The highest BCUT2D eigenvalue weighted by Gasteiger charge is 2.20. The van der Waals surface area contributed by atoms with E-state index in [4.69, 9.17) is 14.0 Å². The van der Waals surface area contributed by atoms with Crippen molar-refractivity contribution in [1.29, 1.82) is 0 Å². The molecule has 1 aromatic heterocycles. The highest BCUT2D eigenvalue weighted by molar-refractivity contribution is 5.92. The Hall–Kier alpha value is -4.83. The Morgan fingerprint density at radius 1 is 0.944 bits per heavy atom. The summed E-state index contributed by atoms with van der Waals surface area (Å²) >= 11 is 0. The summed E-state index contributed by atoms with van der Waals surface area (Å²) < 4.78 is 15.8. The average Bonchev–Trinajstić information content (AvgIpc) is 3.27. The Balaban J connectivity index is 1.49. The molecule has 1 atom stereocenters. The van der Waals surface area contributed by atoms with E-state index in [0.29, 0.717) is 33.8 Å². The van der Waals surface area contributed by atoms with Gasteiger partial charge in [-0.3, -0.25) is 5.32 Å². The number of nitrogens with zero attached hydrogens (tertiary/aromatic N) is 1. The molecule has 0 aliphatic carbocycles. The third kappa shape index (κ3) is 5.62. The van der Waals surface area contributed by atoms with Gasteiger partial charge in [0, 0.05) is 16.7 Å². The quantitative estimate of drug-likeness (QED) is 0.272. The minimum absolute atomic E-state index is 0.408. The molecule has 0 aliphatic rings. The fourth-order valence-electron chi connectivity index (χ4n) is 3.52. The van der Waals surface area contributed by atoms with E-state index in [2.05, 4.69) is 22.3 Å². The van der Waals surface area contributed by atoms with Crippen LogP contribution in [-0.2, 0) is 9.47 Å². The van der Waals surface area contributed by atoms with Crippen molar-refractivity contribution in [3.05, 3.63) is 107 Å². The van der Waals surface area contributed by atoms with Gasteiger partial charge in [0.2, 0.25) is 0 Å². The molecule has 36 heavy (non-hydrogen) atoms. The van der Waals surface area contributed by atoms with E-state index < -0.39 is 18.2 Å². The van der Waals surface area contributed by atoms with Gasteiger partial charge in [-0.05, 0) is 55.8 Å². The minimum Gasteiger partial charge on any atom is -0.465 e. The van der Waals surface area contributed by atoms with E-state index in [-0.39, 0.29) is 0 Å². The first-order valence-corrected chi connectivity index (χ1v) is 11.2. The predicted octanol–water partition coefficient (Wildman–Crippen LogP) is 6.15. The topological polar surface area (TPSA) is 90.7 Å². The minimum atomic E-state index is -0.606. The maximum Gasteiger partial charge on any atom is 0.412 e. The van der Waals surface area contributed by atoms with Crippen molar-refractivity contribution in [2.75, 3.05) is 12.4 Å². The summed E-state index contributed by atoms with van der Waals surface area (Å²) in [6.45, 7) is 3.54. The van der Waals surface area contributed by atoms with Crippen LogP contribution in [0.1, 0.15) is 45.8 Å². The summed E-state index contributed by atoms with van der Waals surface area (Å²) in [6, 6.07) is 23.8. The number of nitrogens with one attached hydrogen (secondary N) is 1. The molecule has 3 aromatic carbocycles. The number of rotatable bonds is 5. The summed E-state index contributed by atoms with van der Waals surface area (Å²) in [5.74, 6) is 6.04. The van der Waals surface area contributed by atoms with Crippen molar-refractivity contribution in [3.63, 3.8) is 0 Å². The molecule has 4 rings (SSSR count). The van der Waals surface area contributed by atoms with Gasteiger partial charge >= 0.3 is 12.1 Å². The second kappa shape index (κ2) is 11.1. The van der Waals surface area contributed by atoms with Gasteiger partial charge in [-0.15, -0.1) is 0 Å². The fourth-order valence-corrected chi connectivity index (χ4v) is 3.52. The standard InChI is InChI=1S/C29H24N2O5/c1-19-26(30-29(33)35-20(2)22-9-5-4-6-10-22)27(36-31-19)24-17-14-21(15-18-24)13-16-23-11-7-8-12-25(23)28(32)34-3/h4-12,14-15,17-18,20H,1-3H3,(H,30,33). The van der Waals surface area contributed by atoms with E-state index in [1.165, 1.54) is 7.11 Å². The maximum atomic E-state index is 12.5. The van der Waals surface area contributed by atoms with Crippen LogP contribution in [0.4, 0.5) is 10.5 Å². The van der Waals surface area contributed by atoms with Crippen LogP contribution in [0.15, 0.2) is 83.4 Å². The summed E-state index contributed by atoms with van der Waals surface area (Å²) in [6.07, 6.45) is -1.03. The lowest BCUT2D eigenvalue weighted by Crippen LogP contribution is -2.16. The third-order valence-electron chi connectivity index (χ3n) is 5.46. The monoisotopic (exact) mass is 480 g/mol. The van der Waals surface area contributed by atoms with Crippen LogP contribution in [0.25, 0.3) is 11.3 Å². The van der Waals surface area contributed by atoms with Gasteiger partial charge in [-0.2, -0.15) is 0 Å². The molecule has 180 valence electrons. The Morgan fingerprint density at radius 2 is 1.64 bits per heavy atom. The van der Waals surface area contributed by atoms with Crippen LogP contribution in [0.5, 0.6) is 0 Å². The number of carbonyl (C=O) groups excluding carboxylic acids is 2. The van der Waals surface area contributed by atoms with Crippen LogP contribution in [0, 0.1) is 18.8 Å². The number of aryl methyl sites for hydroxylation is 1. The van der Waals surface area contributed by atoms with Crippen LogP contribution < -0.4 is 5.32 Å². The Morgan fingerprint density at radius 3 is 2.36 bits per heavy atom. The molecule has 0 radical (unpaired) electrons. The van der Waals surface area contributed by atoms with E-state index in [0.717, 1.165) is 11.1 Å². The van der Waals surface area contributed by atoms with Gasteiger partial charge in [0.05, 0.1) is 12.7 Å². The van der Waals surface area contributed by atoms with E-state index in [1.54, 1.807) is 32.0 Å². The molecular formula is C29H24N2O5. The average molecular weight is 481 g/mol. The molecule has 0 bridgehead atoms. The normalized spacial score (nSPS) is 11.1. The number of anilines is 1. The van der Waals surface area contributed by atoms with Crippen LogP contribution in [-0.4, -0.2) is 24.3 Å². The molecule has 0 fully saturated rings. The molecule has 0 spiro atoms. The van der Waals surface area contributed by atoms with Crippen molar-refractivity contribution in [2.24, 2.45) is 0 Å². The highest BCUT2D eigenvalue weighted by Crippen LogP contribution is 2.31. The summed E-state index contributed by atoms with van der Waals surface area (Å²) in [5.41, 5.74) is 4.28. The first-order chi connectivity index (χ1) is 17.5. The van der Waals surface area contributed by atoms with Crippen molar-refractivity contribution in [2.45, 2.75) is 20.0 Å². The van der Waals surface area contributed by atoms with E-state index in [9.17, 15) is 9.59 Å². The van der Waals surface area contributed by atoms with Crippen LogP contribution in [0.2, 0.25) is 0 Å². The first kappa shape index (κ1) is 24.3. The first-order valence-electron chi connectivity index (χ1n) is 11.2. The SMILES string of the molecule is COC(=O)c1ccccc1C#Cc1ccc(-c2onc(C)c2NC(=O)OC(C)c2ccccc2)cc1. The molecule has 0 saturated heterocycles. The zero-order chi connectivity index (χ0) is 25.5. The smallest absolute Gasteiger partial charge is 0.412 e. The molecular weight excluding hydrogens is 456 g/mol. The van der Waals surface area contributed by atoms with Crippen molar-refractivity contribution in [3.8, 4) is 23.2 Å². The van der Waals surface area contributed by atoms with Crippen LogP contribution >= 0.6 is 0 Å². The van der Waals surface area contributed by atoms with Crippen LogP contribution in [0.3, 0.4) is 0 Å². The van der Waals surface area contributed by atoms with E-state index >= 15 is 0 Å². The lowest BCUT2D eigenvalue weighted by atomic mass is 10.1. The van der Waals surface area contributed by atoms with Gasteiger partial charge in [0.25, 0.3) is 0 Å². The molecule has 1 N–H and O–H groups in total. The fraction of sp³-hybridized carbons (Fsp3) is 0.138. The Kier molecular flexibility index (Phi) is 7.47. The molecule has 1 amide bonds. The lowest BCUT2D eigenvalue weighted by molar-refractivity contribution is 0.0600. The summed E-state index contributed by atoms with van der Waals surface area (Å²) in [4.78, 5) is 24.5. The van der Waals surface area contributed by atoms with Crippen molar-refractivity contribution < 1.29 is 23.6 Å². The number of methoxy groups -OCH3 is 1. The molecule has 0 aliphatic heterocycles. The summed E-state index contributed by atoms with van der Waals surface area (Å²) in [5, 5.41) is 6.75. The number of amides is 1. The second-order valence-corrected chi connectivity index (χ2v) is 7.92. The van der Waals surface area contributed by atoms with Gasteiger partial charge in [-0.25, -0.2) is 9.59 Å². The molecule has 1 heterocycles. The van der Waals surface area contributed by atoms with Gasteiger partial charge in [-0.1, -0.05) is 59.5 Å². The third-order valence-corrected chi connectivity index (χ3v) is 5.46. The number of hydrogen-bond acceptors (Lipinski definition) is 6. The highest BCUT2D eigenvalue weighted by atomic mass is 16.6. The Bertz CT molecular complexity index is 1430. The largest absolute Gasteiger partial charge is 0.465 e. The number of hydrogen-bond donors (Lipinski definition) is 1. The number of carbonyl (C=O) groups is 2. The van der Waals surface area contributed by atoms with Gasteiger partial charge < -0.3 is 14.0 Å². The second-order valence-electron chi connectivity index (χ2n) is 7.92. The maximum absolute atomic E-state index is 12.5. The number of benzene rings is 3. The molecule has 0 saturated carbocycles. The molecule has 7 nitrogen and oxygen atoms in total. The molecule has 4 aromatic rings. The molecule has 7 heteroatoms. The Labute approximate surface area is 209 Å². The summed E-state index contributed by atoms with van der Waals surface area (Å²) in [7, 11) is 1.34. The van der Waals surface area contributed by atoms with Crippen molar-refractivity contribution >= 4 is 17.7 Å². The number of aromatic nitrogens is 1. The van der Waals surface area contributed by atoms with Gasteiger partial charge in [0.15, 0.2) is 5.76 Å². The zero-order valence-corrected chi connectivity index (χ0v) is 20.1. The van der Waals surface area contributed by atoms with Gasteiger partial charge in [0.1, 0.15) is 17.5 Å². The zero-order valence-electron chi connectivity index (χ0n) is 20.1. The van der Waals surface area contributed by atoms with Crippen molar-refractivity contribution in [1.82, 2.24) is 5.16 Å². The number of esters is 1.